The van der Waals surface area contributed by atoms with Crippen molar-refractivity contribution in [1.82, 2.24) is 0 Å². The number of hydrogen-bond donors (Lipinski definition) is 0. The standard InChI is InChI=1S/C30H28O3/c31-19-18-28(27-14-8-3-9-15-27)29-20-26(22-32-21-24-10-4-1-5-11-24)16-17-30(29)33-23-25-12-6-2-7-13-25/h1-17,19-20,28H,18,21-23H2/t28-/m1/s1. The molecular formula is C30H28O3. The van der Waals surface area contributed by atoms with Crippen molar-refractivity contribution in [2.24, 2.45) is 0 Å². The van der Waals surface area contributed by atoms with Gasteiger partial charge in [-0.2, -0.15) is 0 Å². The molecule has 4 aromatic carbocycles. The van der Waals surface area contributed by atoms with E-state index in [2.05, 4.69) is 30.3 Å². The molecule has 0 aliphatic heterocycles. The fourth-order valence-electron chi connectivity index (χ4n) is 3.91. The molecule has 0 aliphatic rings. The van der Waals surface area contributed by atoms with Gasteiger partial charge in [0.05, 0.1) is 13.2 Å². The molecule has 1 atom stereocenters. The third kappa shape index (κ3) is 6.41. The molecule has 0 saturated carbocycles. The third-order valence-corrected chi connectivity index (χ3v) is 5.60. The van der Waals surface area contributed by atoms with Gasteiger partial charge in [0, 0.05) is 17.9 Å². The molecule has 0 radical (unpaired) electrons. The normalized spacial score (nSPS) is 11.6. The summed E-state index contributed by atoms with van der Waals surface area (Å²) in [5.74, 6) is 0.713. The molecule has 166 valence electrons. The Morgan fingerprint density at radius 1 is 0.636 bits per heavy atom. The first-order valence-electron chi connectivity index (χ1n) is 11.2. The van der Waals surface area contributed by atoms with Crippen LogP contribution in [0.1, 0.15) is 40.2 Å². The molecule has 0 unspecified atom stereocenters. The summed E-state index contributed by atoms with van der Waals surface area (Å²) in [7, 11) is 0. The number of carbonyl (C=O) groups is 1. The predicted molar refractivity (Wildman–Crippen MR) is 131 cm³/mol. The van der Waals surface area contributed by atoms with Crippen molar-refractivity contribution in [2.75, 3.05) is 0 Å². The number of carbonyl (C=O) groups excluding carboxylic acids is 1. The van der Waals surface area contributed by atoms with E-state index in [-0.39, 0.29) is 5.92 Å². The highest BCUT2D eigenvalue weighted by Crippen LogP contribution is 2.35. The Kier molecular flexibility index (Phi) is 8.04. The molecule has 33 heavy (non-hydrogen) atoms. The molecule has 3 heteroatoms. The average molecular weight is 437 g/mol. The van der Waals surface area contributed by atoms with E-state index in [1.54, 1.807) is 0 Å². The number of aldehydes is 1. The summed E-state index contributed by atoms with van der Waals surface area (Å²) in [5.41, 5.74) is 5.40. The van der Waals surface area contributed by atoms with Crippen molar-refractivity contribution >= 4 is 6.29 Å². The van der Waals surface area contributed by atoms with Crippen molar-refractivity contribution in [1.29, 1.82) is 0 Å². The van der Waals surface area contributed by atoms with Crippen LogP contribution in [-0.4, -0.2) is 6.29 Å². The molecule has 0 aromatic heterocycles. The largest absolute Gasteiger partial charge is 0.489 e. The Balaban J connectivity index is 1.58. The minimum Gasteiger partial charge on any atom is -0.489 e. The van der Waals surface area contributed by atoms with Crippen LogP contribution in [0.15, 0.2) is 109 Å². The summed E-state index contributed by atoms with van der Waals surface area (Å²) in [5, 5.41) is 0. The van der Waals surface area contributed by atoms with Crippen LogP contribution in [0.3, 0.4) is 0 Å². The molecule has 3 nitrogen and oxygen atoms in total. The van der Waals surface area contributed by atoms with Gasteiger partial charge in [0.15, 0.2) is 0 Å². The Bertz CT molecular complexity index is 1130. The molecule has 0 heterocycles. The van der Waals surface area contributed by atoms with Crippen LogP contribution in [0.25, 0.3) is 0 Å². The van der Waals surface area contributed by atoms with Gasteiger partial charge in [0.1, 0.15) is 18.6 Å². The number of rotatable bonds is 11. The van der Waals surface area contributed by atoms with Gasteiger partial charge in [-0.15, -0.1) is 0 Å². The van der Waals surface area contributed by atoms with E-state index in [0.29, 0.717) is 26.2 Å². The highest BCUT2D eigenvalue weighted by atomic mass is 16.5. The Hall–Kier alpha value is -3.69. The summed E-state index contributed by atoms with van der Waals surface area (Å²) in [6.45, 7) is 1.52. The summed E-state index contributed by atoms with van der Waals surface area (Å²) in [6.07, 6.45) is 1.37. The molecule has 0 N–H and O–H groups in total. The van der Waals surface area contributed by atoms with E-state index < -0.39 is 0 Å². The SMILES string of the molecule is O=CC[C@H](c1ccccc1)c1cc(COCc2ccccc2)ccc1OCc1ccccc1. The van der Waals surface area contributed by atoms with Crippen molar-refractivity contribution in [3.8, 4) is 5.75 Å². The summed E-state index contributed by atoms with van der Waals surface area (Å²) in [6, 6.07) is 36.5. The minimum atomic E-state index is -0.0800. The first kappa shape index (κ1) is 22.5. The van der Waals surface area contributed by atoms with Gasteiger partial charge in [-0.1, -0.05) is 97.1 Å². The Morgan fingerprint density at radius 2 is 1.21 bits per heavy atom. The van der Waals surface area contributed by atoms with E-state index in [1.807, 2.05) is 78.9 Å². The second-order valence-corrected chi connectivity index (χ2v) is 7.99. The average Bonchev–Trinajstić information content (AvgIpc) is 2.88. The van der Waals surface area contributed by atoms with E-state index in [0.717, 1.165) is 39.9 Å². The second kappa shape index (κ2) is 11.8. The highest BCUT2D eigenvalue weighted by molar-refractivity contribution is 5.56. The Morgan fingerprint density at radius 3 is 1.85 bits per heavy atom. The van der Waals surface area contributed by atoms with Gasteiger partial charge >= 0.3 is 0 Å². The molecule has 0 bridgehead atoms. The zero-order valence-corrected chi connectivity index (χ0v) is 18.6. The first-order valence-corrected chi connectivity index (χ1v) is 11.2. The number of ether oxygens (including phenoxy) is 2. The summed E-state index contributed by atoms with van der Waals surface area (Å²) < 4.78 is 12.2. The molecule has 0 spiro atoms. The molecule has 0 amide bonds. The molecule has 4 rings (SSSR count). The number of benzene rings is 4. The summed E-state index contributed by atoms with van der Waals surface area (Å²) >= 11 is 0. The second-order valence-electron chi connectivity index (χ2n) is 7.99. The monoisotopic (exact) mass is 436 g/mol. The quantitative estimate of drug-likeness (QED) is 0.245. The van der Waals surface area contributed by atoms with Crippen LogP contribution in [0, 0.1) is 0 Å². The zero-order valence-electron chi connectivity index (χ0n) is 18.6. The van der Waals surface area contributed by atoms with Crippen molar-refractivity contribution in [3.05, 3.63) is 137 Å². The van der Waals surface area contributed by atoms with E-state index >= 15 is 0 Å². The maximum absolute atomic E-state index is 11.6. The van der Waals surface area contributed by atoms with Gasteiger partial charge in [-0.05, 0) is 34.4 Å². The van der Waals surface area contributed by atoms with Gasteiger partial charge in [-0.25, -0.2) is 0 Å². The predicted octanol–water partition coefficient (Wildman–Crippen LogP) is 6.70. The fourth-order valence-corrected chi connectivity index (χ4v) is 3.91. The first-order chi connectivity index (χ1) is 16.3. The minimum absolute atomic E-state index is 0.0800. The van der Waals surface area contributed by atoms with Gasteiger partial charge < -0.3 is 14.3 Å². The van der Waals surface area contributed by atoms with Crippen LogP contribution < -0.4 is 4.74 Å². The van der Waals surface area contributed by atoms with Crippen LogP contribution in [0.4, 0.5) is 0 Å². The van der Waals surface area contributed by atoms with Crippen LogP contribution in [0.2, 0.25) is 0 Å². The lowest BCUT2D eigenvalue weighted by Gasteiger charge is -2.21. The molecule has 4 aromatic rings. The lowest BCUT2D eigenvalue weighted by Crippen LogP contribution is -2.07. The maximum Gasteiger partial charge on any atom is 0.123 e. The van der Waals surface area contributed by atoms with Crippen LogP contribution in [0.5, 0.6) is 5.75 Å². The van der Waals surface area contributed by atoms with Crippen molar-refractivity contribution in [2.45, 2.75) is 32.2 Å². The smallest absolute Gasteiger partial charge is 0.123 e. The van der Waals surface area contributed by atoms with Gasteiger partial charge in [0.25, 0.3) is 0 Å². The lowest BCUT2D eigenvalue weighted by atomic mass is 9.87. The van der Waals surface area contributed by atoms with E-state index in [4.69, 9.17) is 9.47 Å². The fraction of sp³-hybridized carbons (Fsp3) is 0.167. The highest BCUT2D eigenvalue weighted by Gasteiger charge is 2.19. The third-order valence-electron chi connectivity index (χ3n) is 5.60. The zero-order chi connectivity index (χ0) is 22.7. The molecule has 0 aliphatic carbocycles. The number of hydrogen-bond acceptors (Lipinski definition) is 3. The van der Waals surface area contributed by atoms with Crippen molar-refractivity contribution in [3.63, 3.8) is 0 Å². The van der Waals surface area contributed by atoms with E-state index in [1.165, 1.54) is 0 Å². The molecule has 0 fully saturated rings. The Labute approximate surface area is 195 Å². The lowest BCUT2D eigenvalue weighted by molar-refractivity contribution is -0.108. The maximum atomic E-state index is 11.6. The van der Waals surface area contributed by atoms with Crippen molar-refractivity contribution < 1.29 is 14.3 Å². The topological polar surface area (TPSA) is 35.5 Å². The van der Waals surface area contributed by atoms with Gasteiger partial charge in [0.2, 0.25) is 0 Å². The van der Waals surface area contributed by atoms with Crippen LogP contribution in [-0.2, 0) is 29.4 Å². The van der Waals surface area contributed by atoms with E-state index in [9.17, 15) is 4.79 Å². The summed E-state index contributed by atoms with van der Waals surface area (Å²) in [4.78, 5) is 11.6. The van der Waals surface area contributed by atoms with Gasteiger partial charge in [-0.3, -0.25) is 0 Å². The van der Waals surface area contributed by atoms with Crippen LogP contribution >= 0.6 is 0 Å². The molecule has 0 saturated heterocycles. The molecular weight excluding hydrogens is 408 g/mol.